The summed E-state index contributed by atoms with van der Waals surface area (Å²) in [6.07, 6.45) is -0.576. The van der Waals surface area contributed by atoms with Crippen molar-refractivity contribution < 1.29 is 9.53 Å². The van der Waals surface area contributed by atoms with Gasteiger partial charge >= 0.3 is 6.09 Å². The van der Waals surface area contributed by atoms with Gasteiger partial charge in [-0.15, -0.1) is 0 Å². The Balaban J connectivity index is 2.06. The van der Waals surface area contributed by atoms with E-state index in [1.165, 1.54) is 22.3 Å². The monoisotopic (exact) mass is 295 g/mol. The second-order valence-electron chi connectivity index (χ2n) is 6.04. The van der Waals surface area contributed by atoms with Crippen LogP contribution in [0.4, 0.5) is 4.79 Å². The molecule has 0 bridgehead atoms. The molecule has 1 heterocycles. The molecule has 2 aromatic rings. The summed E-state index contributed by atoms with van der Waals surface area (Å²) < 4.78 is 5.69. The number of hydrogen-bond donors (Lipinski definition) is 1. The minimum atomic E-state index is -0.337. The quantitative estimate of drug-likeness (QED) is 0.902. The Hall–Kier alpha value is -2.29. The van der Waals surface area contributed by atoms with E-state index in [0.717, 1.165) is 5.56 Å². The number of cyclic esters (lactones) is 1. The lowest BCUT2D eigenvalue weighted by atomic mass is 9.84. The van der Waals surface area contributed by atoms with Crippen molar-refractivity contribution in [1.29, 1.82) is 0 Å². The second-order valence-corrected chi connectivity index (χ2v) is 6.04. The summed E-state index contributed by atoms with van der Waals surface area (Å²) in [6.45, 7) is 6.87. The first kappa shape index (κ1) is 14.6. The van der Waals surface area contributed by atoms with E-state index in [1.807, 2.05) is 18.2 Å². The van der Waals surface area contributed by atoms with E-state index in [4.69, 9.17) is 4.74 Å². The predicted octanol–water partition coefficient (Wildman–Crippen LogP) is 4.18. The normalized spacial score (nSPS) is 21.1. The Bertz CT molecular complexity index is 671. The van der Waals surface area contributed by atoms with Crippen LogP contribution in [0, 0.1) is 20.8 Å². The Kier molecular flexibility index (Phi) is 3.88. The van der Waals surface area contributed by atoms with Crippen LogP contribution in [0.1, 0.15) is 39.8 Å². The van der Waals surface area contributed by atoms with Gasteiger partial charge in [-0.05, 0) is 43.0 Å². The van der Waals surface area contributed by atoms with Crippen LogP contribution in [0.2, 0.25) is 0 Å². The number of benzene rings is 2. The summed E-state index contributed by atoms with van der Waals surface area (Å²) in [5, 5.41) is 2.82. The van der Waals surface area contributed by atoms with Crippen molar-refractivity contribution in [3.8, 4) is 0 Å². The first-order chi connectivity index (χ1) is 10.6. The average molecular weight is 295 g/mol. The number of nitrogens with one attached hydrogen (secondary N) is 1. The van der Waals surface area contributed by atoms with Gasteiger partial charge in [-0.2, -0.15) is 0 Å². The number of alkyl carbamates (subject to hydrolysis) is 1. The molecule has 0 unspecified atom stereocenters. The fraction of sp³-hybridized carbons (Fsp3) is 0.316. The number of hydrogen-bond acceptors (Lipinski definition) is 2. The van der Waals surface area contributed by atoms with Gasteiger partial charge in [0.25, 0.3) is 0 Å². The van der Waals surface area contributed by atoms with Crippen LogP contribution in [0.15, 0.2) is 42.5 Å². The van der Waals surface area contributed by atoms with Gasteiger partial charge in [-0.3, -0.25) is 0 Å². The standard InChI is InChI=1S/C19H21NO2/c1-12-9-13(2)17(14(3)10-12)18-16(11-20-19(21)22-18)15-7-5-4-6-8-15/h4-10,16,18H,11H2,1-3H3,(H,20,21)/t16-,18-/m1/s1. The van der Waals surface area contributed by atoms with Gasteiger partial charge in [0.1, 0.15) is 6.10 Å². The van der Waals surface area contributed by atoms with Gasteiger partial charge in [0, 0.05) is 12.5 Å². The lowest BCUT2D eigenvalue weighted by Crippen LogP contribution is -2.40. The van der Waals surface area contributed by atoms with Crippen molar-refractivity contribution in [2.24, 2.45) is 0 Å². The van der Waals surface area contributed by atoms with Crippen LogP contribution in [-0.4, -0.2) is 12.6 Å². The molecule has 1 fully saturated rings. The van der Waals surface area contributed by atoms with Crippen molar-refractivity contribution >= 4 is 6.09 Å². The number of carbonyl (C=O) groups excluding carboxylic acids is 1. The zero-order chi connectivity index (χ0) is 15.7. The van der Waals surface area contributed by atoms with Gasteiger partial charge in [0.05, 0.1) is 0 Å². The predicted molar refractivity (Wildman–Crippen MR) is 87.1 cm³/mol. The summed E-state index contributed by atoms with van der Waals surface area (Å²) in [7, 11) is 0. The molecule has 0 saturated carbocycles. The highest BCUT2D eigenvalue weighted by Crippen LogP contribution is 2.39. The summed E-state index contributed by atoms with van der Waals surface area (Å²) in [6, 6.07) is 14.5. The first-order valence-corrected chi connectivity index (χ1v) is 7.63. The van der Waals surface area contributed by atoms with E-state index in [2.05, 4.69) is 50.4 Å². The lowest BCUT2D eigenvalue weighted by Gasteiger charge is -2.34. The molecule has 22 heavy (non-hydrogen) atoms. The van der Waals surface area contributed by atoms with E-state index in [1.54, 1.807) is 0 Å². The van der Waals surface area contributed by atoms with Gasteiger partial charge in [0.15, 0.2) is 0 Å². The topological polar surface area (TPSA) is 38.3 Å². The summed E-state index contributed by atoms with van der Waals surface area (Å²) in [4.78, 5) is 11.8. The Morgan fingerprint density at radius 2 is 1.68 bits per heavy atom. The summed E-state index contributed by atoms with van der Waals surface area (Å²) in [5.74, 6) is 0.124. The van der Waals surface area contributed by atoms with Gasteiger partial charge < -0.3 is 10.1 Å². The van der Waals surface area contributed by atoms with Crippen molar-refractivity contribution in [3.63, 3.8) is 0 Å². The average Bonchev–Trinajstić information content (AvgIpc) is 2.47. The zero-order valence-corrected chi connectivity index (χ0v) is 13.2. The molecule has 2 atom stereocenters. The molecule has 114 valence electrons. The van der Waals surface area contributed by atoms with E-state index in [9.17, 15) is 4.79 Å². The SMILES string of the molecule is Cc1cc(C)c([C@@H]2OC(=O)NC[C@@H]2c2ccccc2)c(C)c1. The highest BCUT2D eigenvalue weighted by Gasteiger charge is 2.34. The minimum Gasteiger partial charge on any atom is -0.441 e. The lowest BCUT2D eigenvalue weighted by molar-refractivity contribution is 0.0587. The molecule has 0 aliphatic carbocycles. The molecule has 1 aliphatic heterocycles. The van der Waals surface area contributed by atoms with Gasteiger partial charge in [-0.1, -0.05) is 48.0 Å². The molecule has 0 radical (unpaired) electrons. The van der Waals surface area contributed by atoms with Crippen molar-refractivity contribution in [2.45, 2.75) is 32.8 Å². The maximum Gasteiger partial charge on any atom is 0.407 e. The number of amides is 1. The molecule has 1 N–H and O–H groups in total. The molecular weight excluding hydrogens is 274 g/mol. The van der Waals surface area contributed by atoms with Gasteiger partial charge in [-0.25, -0.2) is 4.79 Å². The number of rotatable bonds is 2. The van der Waals surface area contributed by atoms with Crippen molar-refractivity contribution in [1.82, 2.24) is 5.32 Å². The molecule has 2 aromatic carbocycles. The highest BCUT2D eigenvalue weighted by molar-refractivity contribution is 5.69. The number of carbonyl (C=O) groups is 1. The summed E-state index contributed by atoms with van der Waals surface area (Å²) >= 11 is 0. The van der Waals surface area contributed by atoms with Crippen LogP contribution in [0.3, 0.4) is 0 Å². The van der Waals surface area contributed by atoms with Gasteiger partial charge in [0.2, 0.25) is 0 Å². The molecule has 0 aromatic heterocycles. The van der Waals surface area contributed by atoms with Crippen molar-refractivity contribution in [2.75, 3.05) is 6.54 Å². The van der Waals surface area contributed by atoms with Crippen molar-refractivity contribution in [3.05, 3.63) is 70.3 Å². The Labute approximate surface area is 131 Å². The maximum absolute atomic E-state index is 11.8. The van der Waals surface area contributed by atoms with Crippen LogP contribution < -0.4 is 5.32 Å². The molecule has 1 saturated heterocycles. The van der Waals surface area contributed by atoms with Crippen LogP contribution in [-0.2, 0) is 4.74 Å². The fourth-order valence-corrected chi connectivity index (χ4v) is 3.43. The highest BCUT2D eigenvalue weighted by atomic mass is 16.6. The van der Waals surface area contributed by atoms with Crippen LogP contribution in [0.5, 0.6) is 0 Å². The summed E-state index contributed by atoms with van der Waals surface area (Å²) in [5.41, 5.74) is 5.91. The molecule has 3 nitrogen and oxygen atoms in total. The van der Waals surface area contributed by atoms with E-state index < -0.39 is 0 Å². The molecule has 0 spiro atoms. The second kappa shape index (κ2) is 5.84. The van der Waals surface area contributed by atoms with E-state index in [-0.39, 0.29) is 18.1 Å². The Morgan fingerprint density at radius 3 is 2.32 bits per heavy atom. The first-order valence-electron chi connectivity index (χ1n) is 7.63. The third kappa shape index (κ3) is 2.71. The van der Waals surface area contributed by atoms with E-state index in [0.29, 0.717) is 6.54 Å². The molecule has 3 rings (SSSR count). The van der Waals surface area contributed by atoms with E-state index >= 15 is 0 Å². The van der Waals surface area contributed by atoms with Crippen LogP contribution in [0.25, 0.3) is 0 Å². The maximum atomic E-state index is 11.8. The minimum absolute atomic E-state index is 0.124. The molecular formula is C19H21NO2. The fourth-order valence-electron chi connectivity index (χ4n) is 3.43. The smallest absolute Gasteiger partial charge is 0.407 e. The van der Waals surface area contributed by atoms with Crippen LogP contribution >= 0.6 is 0 Å². The molecule has 3 heteroatoms. The number of aryl methyl sites for hydroxylation is 3. The largest absolute Gasteiger partial charge is 0.441 e. The Morgan fingerprint density at radius 1 is 1.05 bits per heavy atom. The third-order valence-electron chi connectivity index (χ3n) is 4.32. The zero-order valence-electron chi connectivity index (χ0n) is 13.2. The molecule has 1 amide bonds. The number of ether oxygens (including phenoxy) is 1. The molecule has 1 aliphatic rings. The third-order valence-corrected chi connectivity index (χ3v) is 4.32.